The van der Waals surface area contributed by atoms with E-state index in [1.54, 1.807) is 12.1 Å². The van der Waals surface area contributed by atoms with Gasteiger partial charge in [0.15, 0.2) is 0 Å². The molecule has 4 unspecified atom stereocenters. The molecule has 9 heteroatoms. The summed E-state index contributed by atoms with van der Waals surface area (Å²) in [5.41, 5.74) is 1.94. The van der Waals surface area contributed by atoms with E-state index in [1.807, 2.05) is 12.1 Å². The highest BCUT2D eigenvalue weighted by molar-refractivity contribution is 6.34. The lowest BCUT2D eigenvalue weighted by molar-refractivity contribution is -0.141. The molecule has 4 fully saturated rings. The molecule has 6 nitrogen and oxygen atoms in total. The molecule has 1 amide bonds. The number of carboxylic acids is 1. The molecule has 6 rings (SSSR count). The van der Waals surface area contributed by atoms with Gasteiger partial charge in [-0.15, -0.1) is 0 Å². The molecule has 0 aromatic heterocycles. The summed E-state index contributed by atoms with van der Waals surface area (Å²) < 4.78 is 21.8. The van der Waals surface area contributed by atoms with Gasteiger partial charge in [-0.3, -0.25) is 9.69 Å². The van der Waals surface area contributed by atoms with E-state index in [0.717, 1.165) is 69.2 Å². The van der Waals surface area contributed by atoms with Crippen LogP contribution in [0.4, 0.5) is 4.39 Å². The molecule has 2 saturated heterocycles. The normalized spacial score (nSPS) is 25.8. The number of piperidine rings is 1. The van der Waals surface area contributed by atoms with Gasteiger partial charge in [0.2, 0.25) is 0 Å². The minimum Gasteiger partial charge on any atom is -0.493 e. The van der Waals surface area contributed by atoms with Crippen LogP contribution >= 0.6 is 23.2 Å². The van der Waals surface area contributed by atoms with Gasteiger partial charge in [0.05, 0.1) is 12.2 Å². The second-order valence-corrected chi connectivity index (χ2v) is 13.2. The number of halogens is 3. The number of hydrogen-bond donors (Lipinski definition) is 1. The van der Waals surface area contributed by atoms with E-state index in [1.165, 1.54) is 11.0 Å². The predicted molar refractivity (Wildman–Crippen MR) is 156 cm³/mol. The molecule has 2 saturated carbocycles. The van der Waals surface area contributed by atoms with Crippen LogP contribution in [0.25, 0.3) is 0 Å². The Hall–Kier alpha value is -2.35. The molecular formula is C32H37Cl2FN2O4. The first-order valence-electron chi connectivity index (χ1n) is 14.9. The number of amides is 1. The zero-order chi connectivity index (χ0) is 28.8. The van der Waals surface area contributed by atoms with Gasteiger partial charge < -0.3 is 14.7 Å². The lowest BCUT2D eigenvalue weighted by Gasteiger charge is -2.36. The van der Waals surface area contributed by atoms with Crippen LogP contribution in [0.2, 0.25) is 10.0 Å². The number of ether oxygens (including phenoxy) is 1. The average Bonchev–Trinajstić information content (AvgIpc) is 3.57. The predicted octanol–water partition coefficient (Wildman–Crippen LogP) is 7.33. The van der Waals surface area contributed by atoms with Gasteiger partial charge in [0.25, 0.3) is 5.91 Å². The number of benzene rings is 2. The molecule has 4 aliphatic rings. The summed E-state index contributed by atoms with van der Waals surface area (Å²) in [7, 11) is 0. The summed E-state index contributed by atoms with van der Waals surface area (Å²) in [6.45, 7) is 4.49. The van der Waals surface area contributed by atoms with Crippen molar-refractivity contribution in [2.75, 3.05) is 19.7 Å². The Morgan fingerprint density at radius 2 is 1.73 bits per heavy atom. The van der Waals surface area contributed by atoms with Crippen molar-refractivity contribution in [2.24, 2.45) is 11.8 Å². The van der Waals surface area contributed by atoms with Gasteiger partial charge in [-0.05, 0) is 118 Å². The number of fused-ring (bicyclic) bond motifs is 1. The van der Waals surface area contributed by atoms with Crippen LogP contribution in [-0.2, 0) is 4.79 Å². The highest BCUT2D eigenvalue weighted by Crippen LogP contribution is 2.47. The van der Waals surface area contributed by atoms with E-state index in [9.17, 15) is 14.7 Å². The Morgan fingerprint density at radius 3 is 2.39 bits per heavy atom. The Balaban J connectivity index is 1.12. The van der Waals surface area contributed by atoms with Crippen molar-refractivity contribution in [2.45, 2.75) is 82.3 Å². The van der Waals surface area contributed by atoms with E-state index in [4.69, 9.17) is 27.9 Å². The maximum Gasteiger partial charge on any atom is 0.326 e. The fourth-order valence-electron chi connectivity index (χ4n) is 7.26. The van der Waals surface area contributed by atoms with Crippen LogP contribution in [0.5, 0.6) is 5.75 Å². The van der Waals surface area contributed by atoms with Gasteiger partial charge in [-0.2, -0.15) is 0 Å². The smallest absolute Gasteiger partial charge is 0.326 e. The zero-order valence-electron chi connectivity index (χ0n) is 23.3. The van der Waals surface area contributed by atoms with E-state index in [2.05, 4.69) is 11.8 Å². The summed E-state index contributed by atoms with van der Waals surface area (Å²) in [5.74, 6) is -0.848. The van der Waals surface area contributed by atoms with E-state index < -0.39 is 23.7 Å². The van der Waals surface area contributed by atoms with Crippen molar-refractivity contribution in [1.82, 2.24) is 9.80 Å². The van der Waals surface area contributed by atoms with E-state index in [0.29, 0.717) is 34.7 Å². The quantitative estimate of drug-likeness (QED) is 0.342. The SMILES string of the molecule is CC(c1cc(Cl)cc(Cl)c1)N1CCC(COc2cc(F)c(C(=O)N3C(C(=O)O)CC4CCCC43)cc2C2CC2)CC1. The molecule has 2 aliphatic heterocycles. The topological polar surface area (TPSA) is 70.1 Å². The third-order valence-electron chi connectivity index (χ3n) is 9.74. The molecule has 2 heterocycles. The van der Waals surface area contributed by atoms with Gasteiger partial charge in [-0.25, -0.2) is 9.18 Å². The van der Waals surface area contributed by atoms with E-state index >= 15 is 4.39 Å². The lowest BCUT2D eigenvalue weighted by Crippen LogP contribution is -2.45. The van der Waals surface area contributed by atoms with Crippen LogP contribution in [0, 0.1) is 17.7 Å². The third kappa shape index (κ3) is 5.95. The molecule has 4 atom stereocenters. The summed E-state index contributed by atoms with van der Waals surface area (Å²) in [5, 5.41) is 11.1. The highest BCUT2D eigenvalue weighted by atomic mass is 35.5. The van der Waals surface area contributed by atoms with Gasteiger partial charge in [0.1, 0.15) is 17.6 Å². The standard InChI is InChI=1S/C32H37Cl2FN2O4/c1-18(22-11-23(33)14-24(34)12-22)36-9-7-19(8-10-36)17-41-30-16-27(35)26(15-25(30)20-5-6-20)31(38)37-28-4-2-3-21(28)13-29(37)32(39)40/h11-12,14-16,18-21,28-29H,2-10,13,17H2,1H3,(H,39,40). The van der Waals surface area contributed by atoms with Crippen molar-refractivity contribution >= 4 is 35.1 Å². The molecule has 2 aliphatic carbocycles. The lowest BCUT2D eigenvalue weighted by atomic mass is 9.95. The fraction of sp³-hybridized carbons (Fsp3) is 0.562. The van der Waals surface area contributed by atoms with Gasteiger partial charge in [0, 0.05) is 28.2 Å². The third-order valence-corrected chi connectivity index (χ3v) is 10.2. The first-order valence-corrected chi connectivity index (χ1v) is 15.7. The van der Waals surface area contributed by atoms with Crippen molar-refractivity contribution in [1.29, 1.82) is 0 Å². The van der Waals surface area contributed by atoms with Crippen molar-refractivity contribution < 1.29 is 23.8 Å². The Bertz CT molecular complexity index is 1310. The van der Waals surface area contributed by atoms with Crippen LogP contribution in [-0.4, -0.2) is 58.6 Å². The summed E-state index contributed by atoms with van der Waals surface area (Å²) in [4.78, 5) is 29.5. The monoisotopic (exact) mass is 602 g/mol. The molecule has 2 aromatic rings. The average molecular weight is 604 g/mol. The minimum absolute atomic E-state index is 0.0264. The second-order valence-electron chi connectivity index (χ2n) is 12.4. The maximum absolute atomic E-state index is 15.5. The van der Waals surface area contributed by atoms with Crippen LogP contribution in [0.15, 0.2) is 30.3 Å². The van der Waals surface area contributed by atoms with Gasteiger partial charge in [-0.1, -0.05) is 29.6 Å². The first-order chi connectivity index (χ1) is 19.7. The van der Waals surface area contributed by atoms with Crippen molar-refractivity contribution in [3.8, 4) is 5.75 Å². The van der Waals surface area contributed by atoms with Crippen LogP contribution in [0.3, 0.4) is 0 Å². The maximum atomic E-state index is 15.5. The largest absolute Gasteiger partial charge is 0.493 e. The Labute approximate surface area is 250 Å². The molecule has 0 bridgehead atoms. The molecule has 41 heavy (non-hydrogen) atoms. The number of carbonyl (C=O) groups is 2. The van der Waals surface area contributed by atoms with E-state index in [-0.39, 0.29) is 29.5 Å². The molecule has 2 aromatic carbocycles. The molecule has 0 spiro atoms. The molecule has 220 valence electrons. The molecule has 1 N–H and O–H groups in total. The highest BCUT2D eigenvalue weighted by Gasteiger charge is 2.49. The first kappa shape index (κ1) is 28.8. The van der Waals surface area contributed by atoms with Crippen molar-refractivity contribution in [3.05, 3.63) is 62.9 Å². The number of likely N-dealkylation sites (tertiary alicyclic amines) is 2. The van der Waals surface area contributed by atoms with Gasteiger partial charge >= 0.3 is 5.97 Å². The zero-order valence-corrected chi connectivity index (χ0v) is 24.8. The number of aliphatic carboxylic acids is 1. The van der Waals surface area contributed by atoms with Crippen LogP contribution < -0.4 is 4.74 Å². The fourth-order valence-corrected chi connectivity index (χ4v) is 7.80. The minimum atomic E-state index is -1.01. The number of rotatable bonds is 8. The number of carbonyl (C=O) groups excluding carboxylic acids is 1. The van der Waals surface area contributed by atoms with Crippen LogP contribution in [0.1, 0.15) is 91.7 Å². The van der Waals surface area contributed by atoms with Crippen molar-refractivity contribution in [3.63, 3.8) is 0 Å². The number of nitrogens with zero attached hydrogens (tertiary/aromatic N) is 2. The number of carboxylic acid groups (broad SMARTS) is 1. The Morgan fingerprint density at radius 1 is 1.02 bits per heavy atom. The molecule has 0 radical (unpaired) electrons. The summed E-state index contributed by atoms with van der Waals surface area (Å²) >= 11 is 12.4. The number of hydrogen-bond acceptors (Lipinski definition) is 4. The molecular weight excluding hydrogens is 566 g/mol. The summed E-state index contributed by atoms with van der Waals surface area (Å²) in [6.07, 6.45) is 7.01. The Kier molecular flexibility index (Phi) is 8.23. The summed E-state index contributed by atoms with van der Waals surface area (Å²) in [6, 6.07) is 7.87. The second kappa shape index (κ2) is 11.7.